The first-order valence-electron chi connectivity index (χ1n) is 7.06. The summed E-state index contributed by atoms with van der Waals surface area (Å²) in [5.41, 5.74) is 0.924. The highest BCUT2D eigenvalue weighted by Gasteiger charge is 2.19. The fourth-order valence-corrected chi connectivity index (χ4v) is 2.56. The molecule has 1 atom stereocenters. The number of benzene rings is 1. The molecule has 1 unspecified atom stereocenters. The Labute approximate surface area is 123 Å². The average Bonchev–Trinajstić information content (AvgIpc) is 2.46. The van der Waals surface area contributed by atoms with Gasteiger partial charge in [0, 0.05) is 6.20 Å². The molecule has 1 N–H and O–H groups in total. The van der Waals surface area contributed by atoms with Gasteiger partial charge in [0.25, 0.3) is 5.56 Å². The average molecular weight is 285 g/mol. The zero-order valence-electron chi connectivity index (χ0n) is 12.2. The lowest BCUT2D eigenvalue weighted by Crippen LogP contribution is -2.30. The van der Waals surface area contributed by atoms with Gasteiger partial charge in [0.1, 0.15) is 5.56 Å². The first kappa shape index (κ1) is 15.0. The van der Waals surface area contributed by atoms with E-state index < -0.39 is 11.5 Å². The van der Waals surface area contributed by atoms with Crippen LogP contribution in [0.25, 0.3) is 0 Å². The summed E-state index contributed by atoms with van der Waals surface area (Å²) in [6.07, 6.45) is 3.38. The molecule has 0 radical (unpaired) electrons. The summed E-state index contributed by atoms with van der Waals surface area (Å²) in [6.45, 7) is 3.69. The van der Waals surface area contributed by atoms with Crippen LogP contribution in [0.15, 0.2) is 47.4 Å². The van der Waals surface area contributed by atoms with E-state index in [9.17, 15) is 14.7 Å². The third-order valence-electron chi connectivity index (χ3n) is 3.62. The monoisotopic (exact) mass is 285 g/mol. The van der Waals surface area contributed by atoms with Crippen LogP contribution < -0.4 is 5.56 Å². The number of rotatable bonds is 5. The van der Waals surface area contributed by atoms with Gasteiger partial charge in [0.15, 0.2) is 0 Å². The number of carboxylic acids is 1. The van der Waals surface area contributed by atoms with Gasteiger partial charge in [-0.25, -0.2) is 4.79 Å². The first-order valence-corrected chi connectivity index (χ1v) is 7.06. The van der Waals surface area contributed by atoms with Gasteiger partial charge in [-0.1, -0.05) is 43.7 Å². The van der Waals surface area contributed by atoms with Crippen LogP contribution in [0.5, 0.6) is 0 Å². The Morgan fingerprint density at radius 3 is 2.48 bits per heavy atom. The molecule has 0 spiro atoms. The number of carbonyl (C=O) groups is 1. The van der Waals surface area contributed by atoms with Gasteiger partial charge in [-0.05, 0) is 30.5 Å². The zero-order valence-corrected chi connectivity index (χ0v) is 12.2. The largest absolute Gasteiger partial charge is 0.477 e. The van der Waals surface area contributed by atoms with E-state index in [1.165, 1.54) is 4.57 Å². The van der Waals surface area contributed by atoms with Crippen LogP contribution in [0.1, 0.15) is 47.3 Å². The van der Waals surface area contributed by atoms with Crippen molar-refractivity contribution in [3.05, 3.63) is 69.6 Å². The number of aryl methyl sites for hydroxylation is 1. The van der Waals surface area contributed by atoms with Crippen LogP contribution in [0.2, 0.25) is 0 Å². The Morgan fingerprint density at radius 2 is 1.90 bits per heavy atom. The smallest absolute Gasteiger partial charge is 0.341 e. The second-order valence-electron chi connectivity index (χ2n) is 5.11. The SMILES string of the molecule is CCCC(c1ccccc1)n1ccc(C)c(C(=O)O)c1=O. The highest BCUT2D eigenvalue weighted by atomic mass is 16.4. The standard InChI is InChI=1S/C17H19NO3/c1-3-7-14(13-8-5-4-6-9-13)18-11-10-12(2)15(16(18)19)17(20)21/h4-6,8-11,14H,3,7H2,1-2H3,(H,20,21). The summed E-state index contributed by atoms with van der Waals surface area (Å²) in [5, 5.41) is 9.24. The third kappa shape index (κ3) is 3.05. The first-order chi connectivity index (χ1) is 10.1. The molecule has 110 valence electrons. The number of nitrogens with zero attached hydrogens (tertiary/aromatic N) is 1. The Bertz CT molecular complexity index is 689. The zero-order chi connectivity index (χ0) is 15.4. The van der Waals surface area contributed by atoms with Crippen LogP contribution in [-0.2, 0) is 0 Å². The summed E-state index contributed by atoms with van der Waals surface area (Å²) >= 11 is 0. The van der Waals surface area contributed by atoms with Crippen molar-refractivity contribution in [1.29, 1.82) is 0 Å². The lowest BCUT2D eigenvalue weighted by molar-refractivity contribution is 0.0693. The number of hydrogen-bond donors (Lipinski definition) is 1. The predicted molar refractivity (Wildman–Crippen MR) is 81.9 cm³/mol. The fourth-order valence-electron chi connectivity index (χ4n) is 2.56. The van der Waals surface area contributed by atoms with Crippen molar-refractivity contribution < 1.29 is 9.90 Å². The van der Waals surface area contributed by atoms with Gasteiger partial charge in [0.2, 0.25) is 0 Å². The molecule has 1 aromatic carbocycles. The molecule has 0 aliphatic rings. The van der Waals surface area contributed by atoms with E-state index in [1.807, 2.05) is 37.3 Å². The van der Waals surface area contributed by atoms with Crippen LogP contribution in [0.4, 0.5) is 0 Å². The van der Waals surface area contributed by atoms with Gasteiger partial charge < -0.3 is 9.67 Å². The summed E-state index contributed by atoms with van der Waals surface area (Å²) in [4.78, 5) is 23.8. The third-order valence-corrected chi connectivity index (χ3v) is 3.62. The molecule has 0 aliphatic heterocycles. The summed E-state index contributed by atoms with van der Waals surface area (Å²) in [5.74, 6) is -1.17. The van der Waals surface area contributed by atoms with Crippen LogP contribution in [-0.4, -0.2) is 15.6 Å². The molecule has 0 amide bonds. The molecular weight excluding hydrogens is 266 g/mol. The minimum Gasteiger partial charge on any atom is -0.477 e. The molecule has 2 rings (SSSR count). The topological polar surface area (TPSA) is 59.3 Å². The molecule has 21 heavy (non-hydrogen) atoms. The summed E-state index contributed by atoms with van der Waals surface area (Å²) in [7, 11) is 0. The Morgan fingerprint density at radius 1 is 1.24 bits per heavy atom. The maximum absolute atomic E-state index is 12.5. The van der Waals surface area contributed by atoms with Gasteiger partial charge in [-0.3, -0.25) is 4.79 Å². The molecule has 0 saturated heterocycles. The van der Waals surface area contributed by atoms with Crippen LogP contribution in [0.3, 0.4) is 0 Å². The molecule has 4 nitrogen and oxygen atoms in total. The molecule has 1 aromatic heterocycles. The van der Waals surface area contributed by atoms with Crippen molar-refractivity contribution in [2.75, 3.05) is 0 Å². The minimum absolute atomic E-state index is 0.137. The molecule has 0 aliphatic carbocycles. The highest BCUT2D eigenvalue weighted by Crippen LogP contribution is 2.22. The minimum atomic E-state index is -1.17. The second-order valence-corrected chi connectivity index (χ2v) is 5.11. The van der Waals surface area contributed by atoms with E-state index in [-0.39, 0.29) is 11.6 Å². The quantitative estimate of drug-likeness (QED) is 0.917. The maximum Gasteiger partial charge on any atom is 0.341 e. The second kappa shape index (κ2) is 6.39. The van der Waals surface area contributed by atoms with E-state index in [0.29, 0.717) is 5.56 Å². The number of pyridine rings is 1. The van der Waals surface area contributed by atoms with E-state index >= 15 is 0 Å². The lowest BCUT2D eigenvalue weighted by Gasteiger charge is -2.20. The molecule has 2 aromatic rings. The van der Waals surface area contributed by atoms with E-state index in [1.54, 1.807) is 19.2 Å². The van der Waals surface area contributed by atoms with Crippen molar-refractivity contribution in [2.45, 2.75) is 32.7 Å². The van der Waals surface area contributed by atoms with E-state index in [4.69, 9.17) is 0 Å². The number of aromatic carboxylic acids is 1. The lowest BCUT2D eigenvalue weighted by atomic mass is 10.0. The van der Waals surface area contributed by atoms with Crippen molar-refractivity contribution in [3.63, 3.8) is 0 Å². The van der Waals surface area contributed by atoms with Gasteiger partial charge >= 0.3 is 5.97 Å². The molecule has 1 heterocycles. The molecular formula is C17H19NO3. The summed E-state index contributed by atoms with van der Waals surface area (Å²) < 4.78 is 1.54. The fraction of sp³-hybridized carbons (Fsp3) is 0.294. The van der Waals surface area contributed by atoms with Crippen molar-refractivity contribution in [3.8, 4) is 0 Å². The Kier molecular flexibility index (Phi) is 4.58. The predicted octanol–water partition coefficient (Wildman–Crippen LogP) is 3.24. The molecule has 0 bridgehead atoms. The number of carboxylic acid groups (broad SMARTS) is 1. The van der Waals surface area contributed by atoms with Gasteiger partial charge in [0.05, 0.1) is 6.04 Å². The van der Waals surface area contributed by atoms with Gasteiger partial charge in [-0.2, -0.15) is 0 Å². The molecule has 0 fully saturated rings. The van der Waals surface area contributed by atoms with Crippen LogP contribution in [0, 0.1) is 6.92 Å². The molecule has 4 heteroatoms. The Hall–Kier alpha value is -2.36. The highest BCUT2D eigenvalue weighted by molar-refractivity contribution is 5.88. The van der Waals surface area contributed by atoms with Crippen molar-refractivity contribution >= 4 is 5.97 Å². The maximum atomic E-state index is 12.5. The number of aromatic nitrogens is 1. The van der Waals surface area contributed by atoms with Crippen molar-refractivity contribution in [1.82, 2.24) is 4.57 Å². The Balaban J connectivity index is 2.60. The normalized spacial score (nSPS) is 12.1. The van der Waals surface area contributed by atoms with Crippen LogP contribution >= 0.6 is 0 Å². The van der Waals surface area contributed by atoms with Crippen molar-refractivity contribution in [2.24, 2.45) is 0 Å². The van der Waals surface area contributed by atoms with E-state index in [2.05, 4.69) is 0 Å². The summed E-state index contributed by atoms with van der Waals surface area (Å²) in [6, 6.07) is 11.3. The molecule has 0 saturated carbocycles. The van der Waals surface area contributed by atoms with Gasteiger partial charge in [-0.15, -0.1) is 0 Å². The van der Waals surface area contributed by atoms with E-state index in [0.717, 1.165) is 18.4 Å². The number of hydrogen-bond acceptors (Lipinski definition) is 2.